The van der Waals surface area contributed by atoms with E-state index in [4.69, 9.17) is 0 Å². The molecule has 0 radical (unpaired) electrons. The molecule has 0 saturated heterocycles. The van der Waals surface area contributed by atoms with E-state index in [9.17, 15) is 0 Å². The van der Waals surface area contributed by atoms with Gasteiger partial charge in [0.25, 0.3) is 0 Å². The van der Waals surface area contributed by atoms with Gasteiger partial charge < -0.3 is 0 Å². The standard InChI is InChI=1S/C82H50/c1-43-51-29-17-18-30-52(51)44(2)68-56-34-38-60-77-59(37-33-55(67(43)68)75(56)77)79-71(47-21-9-5-10-22-47)63-41-65-66(42-64(63)72(80(60)79)48-23-11-6-12-24-48)74(50-27-15-8-16-28-50)82-62-40-36-58-70-46(4)54-32-20-19-31-53(54)45(3)69(70)57-35-39-61(78(62)76(57)58)81(82)73(65)49-25-13-7-14-26-49/h5-42H,1-4H3. The molecule has 0 spiro atoms. The van der Waals surface area contributed by atoms with Crippen molar-refractivity contribution in [3.05, 3.63) is 253 Å². The molecule has 0 bridgehead atoms. The zero-order valence-electron chi connectivity index (χ0n) is 45.9. The smallest absolute Gasteiger partial charge is 0.000740 e. The first-order valence-electron chi connectivity index (χ1n) is 29.1. The highest BCUT2D eigenvalue weighted by Crippen LogP contribution is 2.66. The van der Waals surface area contributed by atoms with Gasteiger partial charge in [-0.15, -0.1) is 0 Å². The minimum absolute atomic E-state index is 1.23. The van der Waals surface area contributed by atoms with Gasteiger partial charge in [-0.2, -0.15) is 0 Å². The molecule has 19 rings (SSSR count). The van der Waals surface area contributed by atoms with Crippen molar-refractivity contribution in [3.63, 3.8) is 0 Å². The van der Waals surface area contributed by atoms with E-state index in [0.29, 0.717) is 0 Å². The van der Waals surface area contributed by atoms with Crippen LogP contribution in [0.4, 0.5) is 0 Å². The first kappa shape index (κ1) is 44.7. The lowest BCUT2D eigenvalue weighted by Crippen LogP contribution is -1.97. The third-order valence-corrected chi connectivity index (χ3v) is 19.9. The number of hydrogen-bond acceptors (Lipinski definition) is 0. The van der Waals surface area contributed by atoms with Crippen LogP contribution >= 0.6 is 0 Å². The molecule has 0 saturated carbocycles. The minimum Gasteiger partial charge on any atom is -0.0622 e. The molecule has 15 aromatic carbocycles. The van der Waals surface area contributed by atoms with Crippen LogP contribution in [0.1, 0.15) is 22.3 Å². The van der Waals surface area contributed by atoms with E-state index in [1.165, 1.54) is 220 Å². The monoisotopic (exact) mass is 1030 g/mol. The Balaban J connectivity index is 0.994. The number of rotatable bonds is 4. The average Bonchev–Trinajstić information content (AvgIpc) is 3.08. The molecule has 0 heteroatoms. The van der Waals surface area contributed by atoms with Gasteiger partial charge in [0.2, 0.25) is 0 Å². The second-order valence-corrected chi connectivity index (χ2v) is 23.6. The zero-order valence-corrected chi connectivity index (χ0v) is 45.9. The first-order valence-corrected chi connectivity index (χ1v) is 29.1. The van der Waals surface area contributed by atoms with E-state index in [2.05, 4.69) is 258 Å². The predicted molar refractivity (Wildman–Crippen MR) is 350 cm³/mol. The van der Waals surface area contributed by atoms with E-state index in [1.807, 2.05) is 0 Å². The summed E-state index contributed by atoms with van der Waals surface area (Å²) in [6.07, 6.45) is 0. The lowest BCUT2D eigenvalue weighted by Gasteiger charge is -2.24. The van der Waals surface area contributed by atoms with E-state index >= 15 is 0 Å². The Kier molecular flexibility index (Phi) is 8.62. The molecule has 0 aromatic heterocycles. The van der Waals surface area contributed by atoms with Crippen molar-refractivity contribution >= 4 is 64.6 Å². The van der Waals surface area contributed by atoms with Gasteiger partial charge in [0.15, 0.2) is 0 Å². The number of benzene rings is 15. The number of aryl methyl sites for hydroxylation is 4. The van der Waals surface area contributed by atoms with E-state index in [-0.39, 0.29) is 0 Å². The first-order chi connectivity index (χ1) is 40.4. The lowest BCUT2D eigenvalue weighted by atomic mass is 9.78. The fraction of sp³-hybridized carbons (Fsp3) is 0.0488. The highest BCUT2D eigenvalue weighted by atomic mass is 14.4. The Morgan fingerprint density at radius 2 is 0.341 bits per heavy atom. The van der Waals surface area contributed by atoms with E-state index in [1.54, 1.807) is 0 Å². The summed E-state index contributed by atoms with van der Waals surface area (Å²) in [5.41, 5.74) is 37.0. The molecular weight excluding hydrogens is 985 g/mol. The molecule has 0 nitrogen and oxygen atoms in total. The van der Waals surface area contributed by atoms with Crippen LogP contribution in [0.2, 0.25) is 0 Å². The fourth-order valence-corrected chi connectivity index (χ4v) is 16.7. The summed E-state index contributed by atoms with van der Waals surface area (Å²) >= 11 is 0. The summed E-state index contributed by atoms with van der Waals surface area (Å²) in [6, 6.07) is 88.4. The SMILES string of the molecule is Cc1c2c(c(C)c3ccccc13)-c1ccc3c4c(ccc-2c14)-c1c-3c(-c2ccccc2)c2cc3c(-c4ccccc4)c4c(c(-c5ccccc5)c3cc2c1-c1ccccc1)-c1ccc2c3c(ccc-4c13)-c1c-2c(C)c2ccccc2c1C. The van der Waals surface area contributed by atoms with Gasteiger partial charge >= 0.3 is 0 Å². The summed E-state index contributed by atoms with van der Waals surface area (Å²) in [4.78, 5) is 0. The molecule has 4 aliphatic rings. The average molecular weight is 1040 g/mol. The molecule has 0 fully saturated rings. The highest BCUT2D eigenvalue weighted by molar-refractivity contribution is 6.37. The molecule has 15 aromatic rings. The van der Waals surface area contributed by atoms with Gasteiger partial charge in [-0.05, 0) is 260 Å². The van der Waals surface area contributed by atoms with Crippen LogP contribution in [0.5, 0.6) is 0 Å². The summed E-state index contributed by atoms with van der Waals surface area (Å²) in [7, 11) is 0. The molecule has 4 aliphatic carbocycles. The van der Waals surface area contributed by atoms with E-state index in [0.717, 1.165) is 0 Å². The van der Waals surface area contributed by atoms with Crippen LogP contribution in [-0.2, 0) is 0 Å². The highest BCUT2D eigenvalue weighted by Gasteiger charge is 2.39. The van der Waals surface area contributed by atoms with Crippen LogP contribution in [0, 0.1) is 27.7 Å². The maximum Gasteiger partial charge on any atom is -0.000740 e. The zero-order chi connectivity index (χ0) is 54.0. The molecule has 0 unspecified atom stereocenters. The lowest BCUT2D eigenvalue weighted by molar-refractivity contribution is 1.47. The topological polar surface area (TPSA) is 0 Å². The molecule has 0 amide bonds. The Morgan fingerprint density at radius 3 is 0.549 bits per heavy atom. The minimum atomic E-state index is 1.23. The molecule has 378 valence electrons. The third kappa shape index (κ3) is 5.39. The Labute approximate surface area is 475 Å². The Morgan fingerprint density at radius 1 is 0.159 bits per heavy atom. The Bertz CT molecular complexity index is 4810. The maximum absolute atomic E-state index is 2.63. The molecule has 0 aliphatic heterocycles. The second kappa shape index (κ2) is 15.8. The Hall–Kier alpha value is -10.1. The second-order valence-electron chi connectivity index (χ2n) is 23.6. The molecule has 0 N–H and O–H groups in total. The van der Waals surface area contributed by atoms with Crippen LogP contribution in [0.25, 0.3) is 198 Å². The largest absolute Gasteiger partial charge is 0.0622 e. The summed E-state index contributed by atoms with van der Waals surface area (Å²) in [5.74, 6) is 0. The van der Waals surface area contributed by atoms with Crippen molar-refractivity contribution < 1.29 is 0 Å². The van der Waals surface area contributed by atoms with Crippen LogP contribution in [-0.4, -0.2) is 0 Å². The molecular formula is C82H50. The summed E-state index contributed by atoms with van der Waals surface area (Å²) in [6.45, 7) is 9.37. The summed E-state index contributed by atoms with van der Waals surface area (Å²) in [5, 5.41) is 15.9. The normalized spacial score (nSPS) is 12.6. The van der Waals surface area contributed by atoms with Gasteiger partial charge in [0, 0.05) is 0 Å². The van der Waals surface area contributed by atoms with Crippen LogP contribution in [0.15, 0.2) is 231 Å². The van der Waals surface area contributed by atoms with Gasteiger partial charge in [-0.3, -0.25) is 0 Å². The number of fused-ring (bicyclic) bond motifs is 16. The van der Waals surface area contributed by atoms with Gasteiger partial charge in [0.05, 0.1) is 0 Å². The van der Waals surface area contributed by atoms with Crippen molar-refractivity contribution in [3.8, 4) is 134 Å². The van der Waals surface area contributed by atoms with Gasteiger partial charge in [0.1, 0.15) is 0 Å². The van der Waals surface area contributed by atoms with Gasteiger partial charge in [-0.1, -0.05) is 218 Å². The van der Waals surface area contributed by atoms with Crippen molar-refractivity contribution in [1.29, 1.82) is 0 Å². The van der Waals surface area contributed by atoms with Crippen LogP contribution < -0.4 is 0 Å². The quantitative estimate of drug-likeness (QED) is 0.154. The summed E-state index contributed by atoms with van der Waals surface area (Å²) < 4.78 is 0. The van der Waals surface area contributed by atoms with Crippen LogP contribution in [0.3, 0.4) is 0 Å². The van der Waals surface area contributed by atoms with Crippen molar-refractivity contribution in [2.75, 3.05) is 0 Å². The fourth-order valence-electron chi connectivity index (χ4n) is 16.7. The molecule has 0 atom stereocenters. The van der Waals surface area contributed by atoms with Crippen molar-refractivity contribution in [2.45, 2.75) is 27.7 Å². The van der Waals surface area contributed by atoms with Crippen molar-refractivity contribution in [1.82, 2.24) is 0 Å². The van der Waals surface area contributed by atoms with E-state index < -0.39 is 0 Å². The van der Waals surface area contributed by atoms with Gasteiger partial charge in [-0.25, -0.2) is 0 Å². The number of hydrogen-bond donors (Lipinski definition) is 0. The molecule has 0 heterocycles. The maximum atomic E-state index is 2.63. The third-order valence-electron chi connectivity index (χ3n) is 19.9. The molecule has 82 heavy (non-hydrogen) atoms. The predicted octanol–water partition coefficient (Wildman–Crippen LogP) is 23.1. The van der Waals surface area contributed by atoms with Crippen molar-refractivity contribution in [2.24, 2.45) is 0 Å².